The minimum absolute atomic E-state index is 0.0258. The zero-order valence-corrected chi connectivity index (χ0v) is 22.1. The van der Waals surface area contributed by atoms with Gasteiger partial charge in [-0.25, -0.2) is 13.8 Å². The van der Waals surface area contributed by atoms with Gasteiger partial charge in [-0.1, -0.05) is 12.1 Å². The Labute approximate surface area is 226 Å². The van der Waals surface area contributed by atoms with Crippen molar-refractivity contribution >= 4 is 28.7 Å². The van der Waals surface area contributed by atoms with Crippen molar-refractivity contribution in [2.45, 2.75) is 31.7 Å². The van der Waals surface area contributed by atoms with Crippen LogP contribution in [0.3, 0.4) is 0 Å². The van der Waals surface area contributed by atoms with E-state index in [0.717, 1.165) is 32.4 Å². The van der Waals surface area contributed by atoms with Crippen LogP contribution in [-0.4, -0.2) is 101 Å². The predicted octanol–water partition coefficient (Wildman–Crippen LogP) is 2.94. The third-order valence-electron chi connectivity index (χ3n) is 7.95. The standard InChI is InChI=1S/C27H34F2N8O2/c1-34-9-6-18(7-10-34)26(38)36-11-8-19(17-36)30-27-32-22(35-12-14-39-15-13-35)16-23(33-27)37-21-5-3-2-4-20(21)31-25(37)24(28)29/h2-5,16,18-19,24H,6-15,17H2,1H3,(H,30,32,33)/t19-/m0/s1. The average Bonchev–Trinajstić information content (AvgIpc) is 3.58. The first-order valence-electron chi connectivity index (χ1n) is 13.7. The van der Waals surface area contributed by atoms with E-state index in [1.165, 1.54) is 4.57 Å². The summed E-state index contributed by atoms with van der Waals surface area (Å²) in [6.07, 6.45) is -0.216. The molecule has 10 nitrogen and oxygen atoms in total. The van der Waals surface area contributed by atoms with E-state index >= 15 is 0 Å². The first-order valence-corrected chi connectivity index (χ1v) is 13.7. The molecule has 2 aromatic heterocycles. The first kappa shape index (κ1) is 25.9. The summed E-state index contributed by atoms with van der Waals surface area (Å²) >= 11 is 0. The molecule has 5 heterocycles. The number of benzene rings is 1. The number of nitrogens with zero attached hydrogens (tertiary/aromatic N) is 7. The fraction of sp³-hybridized carbons (Fsp3) is 0.556. The molecule has 1 aromatic carbocycles. The molecule has 0 radical (unpaired) electrons. The van der Waals surface area contributed by atoms with Crippen LogP contribution < -0.4 is 10.2 Å². The number of carbonyl (C=O) groups excluding carboxylic acids is 1. The van der Waals surface area contributed by atoms with Gasteiger partial charge in [-0.15, -0.1) is 0 Å². The Hall–Kier alpha value is -3.38. The molecule has 1 atom stereocenters. The number of likely N-dealkylation sites (tertiary alicyclic amines) is 2. The molecule has 1 amide bonds. The van der Waals surface area contributed by atoms with Crippen LogP contribution in [0.2, 0.25) is 0 Å². The molecular weight excluding hydrogens is 506 g/mol. The molecule has 3 aromatic rings. The summed E-state index contributed by atoms with van der Waals surface area (Å²) in [6.45, 7) is 5.56. The van der Waals surface area contributed by atoms with Crippen LogP contribution in [0, 0.1) is 5.92 Å². The van der Waals surface area contributed by atoms with Crippen LogP contribution in [0.15, 0.2) is 30.3 Å². The zero-order valence-electron chi connectivity index (χ0n) is 22.1. The molecule has 12 heteroatoms. The minimum atomic E-state index is -2.77. The van der Waals surface area contributed by atoms with Gasteiger partial charge in [0.25, 0.3) is 6.43 Å². The molecule has 1 N–H and O–H groups in total. The molecule has 6 rings (SSSR count). The Kier molecular flexibility index (Phi) is 7.30. The molecule has 3 aliphatic heterocycles. The van der Waals surface area contributed by atoms with Crippen molar-refractivity contribution in [3.63, 3.8) is 0 Å². The number of hydrogen-bond donors (Lipinski definition) is 1. The highest BCUT2D eigenvalue weighted by Crippen LogP contribution is 2.30. The Balaban J connectivity index is 1.28. The molecule has 39 heavy (non-hydrogen) atoms. The number of halogens is 2. The maximum Gasteiger partial charge on any atom is 0.296 e. The number of amides is 1. The highest BCUT2D eigenvalue weighted by molar-refractivity contribution is 5.79. The van der Waals surface area contributed by atoms with Crippen molar-refractivity contribution in [1.29, 1.82) is 0 Å². The number of rotatable bonds is 6. The Bertz CT molecular complexity index is 1320. The first-order chi connectivity index (χ1) is 19.0. The summed E-state index contributed by atoms with van der Waals surface area (Å²) in [7, 11) is 2.09. The number of nitrogens with one attached hydrogen (secondary N) is 1. The average molecular weight is 541 g/mol. The van der Waals surface area contributed by atoms with Gasteiger partial charge in [-0.2, -0.15) is 9.97 Å². The summed E-state index contributed by atoms with van der Waals surface area (Å²) in [6, 6.07) is 8.77. The number of fused-ring (bicyclic) bond motifs is 1. The van der Waals surface area contributed by atoms with E-state index in [4.69, 9.17) is 14.7 Å². The van der Waals surface area contributed by atoms with Gasteiger partial charge < -0.3 is 24.8 Å². The number of para-hydroxylation sites is 2. The van der Waals surface area contributed by atoms with Gasteiger partial charge in [0, 0.05) is 44.2 Å². The number of hydrogen-bond acceptors (Lipinski definition) is 8. The Morgan fingerprint density at radius 2 is 1.74 bits per heavy atom. The lowest BCUT2D eigenvalue weighted by molar-refractivity contribution is -0.135. The van der Waals surface area contributed by atoms with Gasteiger partial charge in [0.2, 0.25) is 11.9 Å². The van der Waals surface area contributed by atoms with E-state index < -0.39 is 6.43 Å². The zero-order chi connectivity index (χ0) is 26.9. The quantitative estimate of drug-likeness (QED) is 0.511. The van der Waals surface area contributed by atoms with E-state index in [1.807, 2.05) is 4.90 Å². The summed E-state index contributed by atoms with van der Waals surface area (Å²) < 4.78 is 35.2. The number of alkyl halides is 2. The highest BCUT2D eigenvalue weighted by atomic mass is 19.3. The summed E-state index contributed by atoms with van der Waals surface area (Å²) in [5.74, 6) is 1.27. The summed E-state index contributed by atoms with van der Waals surface area (Å²) in [4.78, 5) is 33.1. The van der Waals surface area contributed by atoms with Gasteiger partial charge in [0.05, 0.1) is 24.2 Å². The summed E-state index contributed by atoms with van der Waals surface area (Å²) in [5.41, 5.74) is 1.04. The second-order valence-corrected chi connectivity index (χ2v) is 10.6. The number of morpholine rings is 1. The van der Waals surface area contributed by atoms with Crippen molar-refractivity contribution in [2.24, 2.45) is 5.92 Å². The number of anilines is 2. The van der Waals surface area contributed by atoms with Crippen LogP contribution in [0.5, 0.6) is 0 Å². The maximum atomic E-state index is 14.1. The number of imidazole rings is 1. The van der Waals surface area contributed by atoms with Crippen LogP contribution in [-0.2, 0) is 9.53 Å². The second-order valence-electron chi connectivity index (χ2n) is 10.6. The number of carbonyl (C=O) groups is 1. The van der Waals surface area contributed by atoms with Crippen molar-refractivity contribution in [3.05, 3.63) is 36.2 Å². The normalized spacial score (nSPS) is 21.3. The van der Waals surface area contributed by atoms with Crippen LogP contribution in [0.1, 0.15) is 31.5 Å². The molecule has 3 saturated heterocycles. The third-order valence-corrected chi connectivity index (χ3v) is 7.95. The smallest absolute Gasteiger partial charge is 0.296 e. The lowest BCUT2D eigenvalue weighted by atomic mass is 9.96. The molecule has 0 aliphatic carbocycles. The van der Waals surface area contributed by atoms with Crippen molar-refractivity contribution in [1.82, 2.24) is 29.3 Å². The van der Waals surface area contributed by atoms with Crippen molar-refractivity contribution in [3.8, 4) is 5.82 Å². The lowest BCUT2D eigenvalue weighted by Gasteiger charge is -2.31. The van der Waals surface area contributed by atoms with E-state index in [0.29, 0.717) is 68.0 Å². The molecule has 3 aliphatic rings. The lowest BCUT2D eigenvalue weighted by Crippen LogP contribution is -2.41. The monoisotopic (exact) mass is 540 g/mol. The van der Waals surface area contributed by atoms with Gasteiger partial charge >= 0.3 is 0 Å². The third kappa shape index (κ3) is 5.40. The Morgan fingerprint density at radius 1 is 1.00 bits per heavy atom. The predicted molar refractivity (Wildman–Crippen MR) is 143 cm³/mol. The maximum absolute atomic E-state index is 14.1. The van der Waals surface area contributed by atoms with Crippen LogP contribution in [0.25, 0.3) is 16.9 Å². The minimum Gasteiger partial charge on any atom is -0.378 e. The Morgan fingerprint density at radius 3 is 2.51 bits per heavy atom. The number of piperidine rings is 1. The fourth-order valence-electron chi connectivity index (χ4n) is 5.76. The van der Waals surface area contributed by atoms with E-state index in [9.17, 15) is 13.6 Å². The summed E-state index contributed by atoms with van der Waals surface area (Å²) in [5, 5.41) is 3.41. The second kappa shape index (κ2) is 11.0. The number of aromatic nitrogens is 4. The molecule has 0 spiro atoms. The molecule has 3 fully saturated rings. The van der Waals surface area contributed by atoms with E-state index in [1.54, 1.807) is 30.3 Å². The van der Waals surface area contributed by atoms with Crippen molar-refractivity contribution in [2.75, 3.05) is 69.7 Å². The fourth-order valence-corrected chi connectivity index (χ4v) is 5.76. The molecule has 0 unspecified atom stereocenters. The van der Waals surface area contributed by atoms with Gasteiger partial charge in [-0.05, 0) is 51.5 Å². The van der Waals surface area contributed by atoms with Gasteiger partial charge in [0.15, 0.2) is 5.82 Å². The largest absolute Gasteiger partial charge is 0.378 e. The number of ether oxygens (including phenoxy) is 1. The van der Waals surface area contributed by atoms with E-state index in [-0.39, 0.29) is 23.7 Å². The van der Waals surface area contributed by atoms with Crippen LogP contribution in [0.4, 0.5) is 20.5 Å². The van der Waals surface area contributed by atoms with Crippen molar-refractivity contribution < 1.29 is 18.3 Å². The van der Waals surface area contributed by atoms with E-state index in [2.05, 4.69) is 27.1 Å². The topological polar surface area (TPSA) is 91.7 Å². The molecule has 0 bridgehead atoms. The SMILES string of the molecule is CN1CCC(C(=O)N2CC[C@H](Nc3nc(N4CCOCC4)cc(-n4c(C(F)F)nc5ccccc54)n3)C2)CC1. The molecular formula is C27H34F2N8O2. The van der Waals surface area contributed by atoms with Gasteiger partial charge in [0.1, 0.15) is 11.6 Å². The molecule has 0 saturated carbocycles. The van der Waals surface area contributed by atoms with Gasteiger partial charge in [-0.3, -0.25) is 9.36 Å². The van der Waals surface area contributed by atoms with Crippen LogP contribution >= 0.6 is 0 Å². The molecule has 208 valence electrons. The highest BCUT2D eigenvalue weighted by Gasteiger charge is 2.33.